The summed E-state index contributed by atoms with van der Waals surface area (Å²) in [7, 11) is 0. The number of rotatable bonds is 3. The molecule has 1 heterocycles. The van der Waals surface area contributed by atoms with E-state index in [1.165, 1.54) is 24.3 Å². The third kappa shape index (κ3) is 2.70. The molecule has 23 heavy (non-hydrogen) atoms. The summed E-state index contributed by atoms with van der Waals surface area (Å²) in [6.07, 6.45) is 0. The molecule has 0 spiro atoms. The minimum Gasteiger partial charge on any atom is -0.391 e. The zero-order valence-electron chi connectivity index (χ0n) is 11.5. The lowest BCUT2D eigenvalue weighted by Crippen LogP contribution is -1.94. The van der Waals surface area contributed by atoms with E-state index in [4.69, 9.17) is 4.52 Å². The van der Waals surface area contributed by atoms with Gasteiger partial charge in [-0.1, -0.05) is 5.16 Å². The summed E-state index contributed by atoms with van der Waals surface area (Å²) in [6, 6.07) is 6.70. The van der Waals surface area contributed by atoms with E-state index >= 15 is 0 Å². The zero-order valence-corrected chi connectivity index (χ0v) is 11.5. The van der Waals surface area contributed by atoms with Gasteiger partial charge in [0.1, 0.15) is 11.5 Å². The zero-order chi connectivity index (χ0) is 16.6. The Balaban J connectivity index is 2.13. The predicted octanol–water partition coefficient (Wildman–Crippen LogP) is 4.06. The first kappa shape index (κ1) is 15.2. The van der Waals surface area contributed by atoms with Crippen molar-refractivity contribution in [3.63, 3.8) is 0 Å². The maximum absolute atomic E-state index is 13.4. The Kier molecular flexibility index (Phi) is 3.87. The highest BCUT2D eigenvalue weighted by Crippen LogP contribution is 2.33. The number of aliphatic hydroxyl groups is 1. The SMILES string of the molecule is OCc1c(-c2cc(F)c(F)c(F)c2)noc1-c1ccc(F)cc1. The Morgan fingerprint density at radius 2 is 1.52 bits per heavy atom. The van der Waals surface area contributed by atoms with E-state index in [9.17, 15) is 22.7 Å². The smallest absolute Gasteiger partial charge is 0.194 e. The van der Waals surface area contributed by atoms with Gasteiger partial charge in [-0.2, -0.15) is 0 Å². The first-order valence-corrected chi connectivity index (χ1v) is 6.51. The largest absolute Gasteiger partial charge is 0.391 e. The quantitative estimate of drug-likeness (QED) is 0.584. The molecule has 0 fully saturated rings. The van der Waals surface area contributed by atoms with Crippen LogP contribution in [0.4, 0.5) is 17.6 Å². The van der Waals surface area contributed by atoms with Gasteiger partial charge in [0.15, 0.2) is 23.2 Å². The Morgan fingerprint density at radius 1 is 0.913 bits per heavy atom. The van der Waals surface area contributed by atoms with Crippen molar-refractivity contribution in [2.75, 3.05) is 0 Å². The lowest BCUT2D eigenvalue weighted by molar-refractivity contribution is 0.281. The first-order chi connectivity index (χ1) is 11.0. The van der Waals surface area contributed by atoms with Crippen LogP contribution in [0.5, 0.6) is 0 Å². The highest BCUT2D eigenvalue weighted by molar-refractivity contribution is 5.72. The van der Waals surface area contributed by atoms with E-state index in [0.717, 1.165) is 12.1 Å². The number of benzene rings is 2. The summed E-state index contributed by atoms with van der Waals surface area (Å²) < 4.78 is 57.8. The third-order valence-corrected chi connectivity index (χ3v) is 3.31. The fourth-order valence-electron chi connectivity index (χ4n) is 2.20. The molecular formula is C16H9F4NO2. The van der Waals surface area contributed by atoms with Crippen LogP contribution >= 0.6 is 0 Å². The summed E-state index contributed by atoms with van der Waals surface area (Å²) in [5.41, 5.74) is 0.478. The van der Waals surface area contributed by atoms with E-state index in [1.54, 1.807) is 0 Å². The molecule has 7 heteroatoms. The lowest BCUT2D eigenvalue weighted by atomic mass is 10.0. The van der Waals surface area contributed by atoms with Gasteiger partial charge in [-0.05, 0) is 36.4 Å². The molecule has 0 bridgehead atoms. The maximum atomic E-state index is 13.4. The fraction of sp³-hybridized carbons (Fsp3) is 0.0625. The van der Waals surface area contributed by atoms with Crippen LogP contribution in [0.1, 0.15) is 5.56 Å². The molecule has 0 unspecified atom stereocenters. The number of aromatic nitrogens is 1. The molecule has 1 aromatic heterocycles. The Labute approximate surface area is 127 Å². The van der Waals surface area contributed by atoms with E-state index in [0.29, 0.717) is 5.56 Å². The van der Waals surface area contributed by atoms with Gasteiger partial charge < -0.3 is 9.63 Å². The summed E-state index contributed by atoms with van der Waals surface area (Å²) in [4.78, 5) is 0. The average molecular weight is 323 g/mol. The van der Waals surface area contributed by atoms with Crippen molar-refractivity contribution >= 4 is 0 Å². The van der Waals surface area contributed by atoms with Gasteiger partial charge in [-0.3, -0.25) is 0 Å². The molecule has 0 saturated heterocycles. The number of hydrogen-bond acceptors (Lipinski definition) is 3. The first-order valence-electron chi connectivity index (χ1n) is 6.51. The van der Waals surface area contributed by atoms with Gasteiger partial charge in [-0.25, -0.2) is 17.6 Å². The molecular weight excluding hydrogens is 314 g/mol. The van der Waals surface area contributed by atoms with Crippen LogP contribution in [0.25, 0.3) is 22.6 Å². The van der Waals surface area contributed by atoms with Gasteiger partial charge in [0.2, 0.25) is 0 Å². The van der Waals surface area contributed by atoms with Crippen LogP contribution < -0.4 is 0 Å². The van der Waals surface area contributed by atoms with E-state index in [2.05, 4.69) is 5.16 Å². The van der Waals surface area contributed by atoms with Crippen LogP contribution in [-0.4, -0.2) is 10.3 Å². The Bertz CT molecular complexity index is 836. The van der Waals surface area contributed by atoms with Crippen LogP contribution in [0.2, 0.25) is 0 Å². The Morgan fingerprint density at radius 3 is 2.09 bits per heavy atom. The van der Waals surface area contributed by atoms with Crippen LogP contribution in [0.3, 0.4) is 0 Å². The second kappa shape index (κ2) is 5.85. The second-order valence-electron chi connectivity index (χ2n) is 4.76. The van der Waals surface area contributed by atoms with Gasteiger partial charge >= 0.3 is 0 Å². The predicted molar refractivity (Wildman–Crippen MR) is 73.1 cm³/mol. The van der Waals surface area contributed by atoms with Crippen molar-refractivity contribution in [2.45, 2.75) is 6.61 Å². The van der Waals surface area contributed by atoms with Crippen LogP contribution in [0.15, 0.2) is 40.9 Å². The summed E-state index contributed by atoms with van der Waals surface area (Å²) >= 11 is 0. The molecule has 118 valence electrons. The molecule has 1 N–H and O–H groups in total. The minimum atomic E-state index is -1.60. The van der Waals surface area contributed by atoms with Crippen molar-refractivity contribution in [1.82, 2.24) is 5.16 Å². The van der Waals surface area contributed by atoms with Crippen molar-refractivity contribution in [3.8, 4) is 22.6 Å². The number of nitrogens with zero attached hydrogens (tertiary/aromatic N) is 1. The van der Waals surface area contributed by atoms with Crippen LogP contribution in [0, 0.1) is 23.3 Å². The van der Waals surface area contributed by atoms with Gasteiger partial charge in [-0.15, -0.1) is 0 Å². The molecule has 0 amide bonds. The highest BCUT2D eigenvalue weighted by atomic mass is 19.2. The molecule has 2 aromatic carbocycles. The van der Waals surface area contributed by atoms with Crippen molar-refractivity contribution in [3.05, 3.63) is 65.2 Å². The molecule has 3 rings (SSSR count). The average Bonchev–Trinajstić information content (AvgIpc) is 2.96. The number of aliphatic hydroxyl groups excluding tert-OH is 1. The van der Waals surface area contributed by atoms with Crippen molar-refractivity contribution < 1.29 is 27.2 Å². The molecule has 0 aliphatic carbocycles. The standard InChI is InChI=1S/C16H9F4NO2/c17-10-3-1-8(2-4-10)16-11(7-22)15(21-23-16)9-5-12(18)14(20)13(19)6-9/h1-6,22H,7H2. The molecule has 3 aromatic rings. The summed E-state index contributed by atoms with van der Waals surface area (Å²) in [5, 5.41) is 13.2. The normalized spacial score (nSPS) is 11.0. The van der Waals surface area contributed by atoms with E-state index in [1.807, 2.05) is 0 Å². The summed E-state index contributed by atoms with van der Waals surface area (Å²) in [6.45, 7) is -0.536. The lowest BCUT2D eigenvalue weighted by Gasteiger charge is -2.03. The monoisotopic (exact) mass is 323 g/mol. The molecule has 0 saturated carbocycles. The van der Waals surface area contributed by atoms with E-state index < -0.39 is 29.9 Å². The van der Waals surface area contributed by atoms with Crippen molar-refractivity contribution in [2.24, 2.45) is 0 Å². The molecule has 0 radical (unpaired) electrons. The van der Waals surface area contributed by atoms with Gasteiger partial charge in [0.25, 0.3) is 0 Å². The summed E-state index contributed by atoms with van der Waals surface area (Å²) in [5.74, 6) is -4.68. The third-order valence-electron chi connectivity index (χ3n) is 3.31. The topological polar surface area (TPSA) is 46.3 Å². The highest BCUT2D eigenvalue weighted by Gasteiger charge is 2.21. The second-order valence-corrected chi connectivity index (χ2v) is 4.76. The Hall–Kier alpha value is -2.67. The molecule has 0 aliphatic heterocycles. The maximum Gasteiger partial charge on any atom is 0.194 e. The van der Waals surface area contributed by atoms with Crippen molar-refractivity contribution in [1.29, 1.82) is 0 Å². The van der Waals surface area contributed by atoms with Gasteiger partial charge in [0, 0.05) is 11.1 Å². The molecule has 0 atom stereocenters. The van der Waals surface area contributed by atoms with Crippen LogP contribution in [-0.2, 0) is 6.61 Å². The molecule has 3 nitrogen and oxygen atoms in total. The number of halogens is 4. The van der Waals surface area contributed by atoms with Gasteiger partial charge in [0.05, 0.1) is 12.2 Å². The molecule has 0 aliphatic rings. The minimum absolute atomic E-state index is 0.0235. The van der Waals surface area contributed by atoms with E-state index in [-0.39, 0.29) is 22.6 Å². The number of hydrogen-bond donors (Lipinski definition) is 1. The fourth-order valence-corrected chi connectivity index (χ4v) is 2.20.